The molecule has 1 aliphatic heterocycles. The van der Waals surface area contributed by atoms with Gasteiger partial charge in [-0.05, 0) is 43.7 Å². The Morgan fingerprint density at radius 3 is 2.61 bits per heavy atom. The predicted molar refractivity (Wildman–Crippen MR) is 126 cm³/mol. The van der Waals surface area contributed by atoms with E-state index in [0.29, 0.717) is 29.8 Å². The minimum atomic E-state index is 0.295. The molecule has 168 valence electrons. The van der Waals surface area contributed by atoms with E-state index in [4.69, 9.17) is 30.8 Å². The molecule has 1 heterocycles. The van der Waals surface area contributed by atoms with Gasteiger partial charge in [-0.3, -0.25) is 0 Å². The van der Waals surface area contributed by atoms with E-state index in [0.717, 1.165) is 48.3 Å². The van der Waals surface area contributed by atoms with Crippen LogP contribution >= 0.6 is 11.6 Å². The maximum Gasteiger partial charge on any atom is 0.203 e. The van der Waals surface area contributed by atoms with Gasteiger partial charge in [0.2, 0.25) is 5.75 Å². The Hall–Kier alpha value is -2.80. The van der Waals surface area contributed by atoms with Crippen molar-refractivity contribution >= 4 is 23.2 Å². The molecular formula is C23H31ClN4O3. The summed E-state index contributed by atoms with van der Waals surface area (Å²) in [4.78, 5) is 7.11. The number of hydrogen-bond acceptors (Lipinski definition) is 5. The van der Waals surface area contributed by atoms with E-state index in [1.807, 2.05) is 30.3 Å². The molecule has 2 N–H and O–H groups in total. The fourth-order valence-corrected chi connectivity index (χ4v) is 3.94. The molecule has 1 saturated heterocycles. The Kier molecular flexibility index (Phi) is 8.12. The summed E-state index contributed by atoms with van der Waals surface area (Å²) in [5.74, 6) is 2.61. The van der Waals surface area contributed by atoms with Gasteiger partial charge in [0.05, 0.1) is 27.9 Å². The molecule has 2 aromatic rings. The van der Waals surface area contributed by atoms with Crippen LogP contribution < -0.4 is 29.7 Å². The number of benzene rings is 2. The summed E-state index contributed by atoms with van der Waals surface area (Å²) in [5.41, 5.74) is 2.07. The van der Waals surface area contributed by atoms with Gasteiger partial charge in [-0.15, -0.1) is 0 Å². The van der Waals surface area contributed by atoms with Crippen LogP contribution in [-0.4, -0.2) is 53.0 Å². The Balaban J connectivity index is 1.70. The van der Waals surface area contributed by atoms with Gasteiger partial charge in [0, 0.05) is 41.9 Å². The highest BCUT2D eigenvalue weighted by atomic mass is 35.5. The van der Waals surface area contributed by atoms with Crippen LogP contribution in [0.3, 0.4) is 0 Å². The lowest BCUT2D eigenvalue weighted by molar-refractivity contribution is 0.322. The van der Waals surface area contributed by atoms with E-state index in [1.54, 1.807) is 21.3 Å². The number of ether oxygens (including phenoxy) is 3. The summed E-state index contributed by atoms with van der Waals surface area (Å²) in [5, 5.41) is 7.65. The molecule has 0 amide bonds. The second-order valence-electron chi connectivity index (χ2n) is 7.24. The van der Waals surface area contributed by atoms with Gasteiger partial charge in [-0.25, -0.2) is 4.99 Å². The smallest absolute Gasteiger partial charge is 0.203 e. The number of anilines is 1. The fraction of sp³-hybridized carbons (Fsp3) is 0.435. The SMILES string of the molecule is CCNC(=NCc1ccc(OC)c(OC)c1OC)NC1CCN(c2cccc(Cl)c2)C1. The average Bonchev–Trinajstić information content (AvgIpc) is 3.25. The molecule has 3 rings (SSSR count). The standard InChI is InChI=1S/C23H31ClN4O3/c1-5-25-23(26-14-16-9-10-20(29-2)22(31-4)21(16)30-3)27-18-11-12-28(15-18)19-8-6-7-17(24)13-19/h6-10,13,18H,5,11-12,14-15H2,1-4H3,(H2,25,26,27). The lowest BCUT2D eigenvalue weighted by atomic mass is 10.1. The van der Waals surface area contributed by atoms with Crippen molar-refractivity contribution in [3.05, 3.63) is 47.0 Å². The molecule has 1 aliphatic rings. The molecular weight excluding hydrogens is 416 g/mol. The summed E-state index contributed by atoms with van der Waals surface area (Å²) in [7, 11) is 4.83. The van der Waals surface area contributed by atoms with Gasteiger partial charge >= 0.3 is 0 Å². The van der Waals surface area contributed by atoms with Crippen LogP contribution in [0.25, 0.3) is 0 Å². The normalized spacial score (nSPS) is 16.2. The van der Waals surface area contributed by atoms with Crippen LogP contribution in [0.4, 0.5) is 5.69 Å². The summed E-state index contributed by atoms with van der Waals surface area (Å²) >= 11 is 6.15. The zero-order chi connectivity index (χ0) is 22.2. The van der Waals surface area contributed by atoms with Gasteiger partial charge in [-0.2, -0.15) is 0 Å². The third-order valence-electron chi connectivity index (χ3n) is 5.24. The molecule has 0 spiro atoms. The van der Waals surface area contributed by atoms with Crippen molar-refractivity contribution in [2.45, 2.75) is 25.9 Å². The Morgan fingerprint density at radius 2 is 1.94 bits per heavy atom. The zero-order valence-electron chi connectivity index (χ0n) is 18.6. The maximum absolute atomic E-state index is 6.15. The first kappa shape index (κ1) is 22.9. The summed E-state index contributed by atoms with van der Waals surface area (Å²) in [6.07, 6.45) is 1.02. The highest BCUT2D eigenvalue weighted by Gasteiger charge is 2.24. The summed E-state index contributed by atoms with van der Waals surface area (Å²) < 4.78 is 16.4. The van der Waals surface area contributed by atoms with E-state index in [9.17, 15) is 0 Å². The van der Waals surface area contributed by atoms with Crippen LogP contribution in [0.2, 0.25) is 5.02 Å². The topological polar surface area (TPSA) is 67.4 Å². The van der Waals surface area contributed by atoms with E-state index in [2.05, 4.69) is 28.5 Å². The molecule has 2 aromatic carbocycles. The van der Waals surface area contributed by atoms with Crippen molar-refractivity contribution < 1.29 is 14.2 Å². The molecule has 8 heteroatoms. The number of guanidine groups is 1. The maximum atomic E-state index is 6.15. The Labute approximate surface area is 189 Å². The van der Waals surface area contributed by atoms with Gasteiger partial charge in [-0.1, -0.05) is 17.7 Å². The predicted octanol–water partition coefficient (Wildman–Crippen LogP) is 3.70. The van der Waals surface area contributed by atoms with Crippen LogP contribution in [0.1, 0.15) is 18.9 Å². The first-order valence-electron chi connectivity index (χ1n) is 10.4. The third kappa shape index (κ3) is 5.67. The zero-order valence-corrected chi connectivity index (χ0v) is 19.3. The van der Waals surface area contributed by atoms with Crippen LogP contribution in [-0.2, 0) is 6.54 Å². The van der Waals surface area contributed by atoms with E-state index >= 15 is 0 Å². The van der Waals surface area contributed by atoms with Crippen LogP contribution in [0.15, 0.2) is 41.4 Å². The number of hydrogen-bond donors (Lipinski definition) is 2. The van der Waals surface area contributed by atoms with Crippen molar-refractivity contribution in [3.63, 3.8) is 0 Å². The molecule has 31 heavy (non-hydrogen) atoms. The molecule has 1 fully saturated rings. The van der Waals surface area contributed by atoms with Gasteiger partial charge in [0.25, 0.3) is 0 Å². The largest absolute Gasteiger partial charge is 0.493 e. The molecule has 0 saturated carbocycles. The van der Waals surface area contributed by atoms with E-state index in [1.165, 1.54) is 0 Å². The monoisotopic (exact) mass is 446 g/mol. The number of halogens is 1. The van der Waals surface area contributed by atoms with Gasteiger partial charge in [0.1, 0.15) is 0 Å². The Bertz CT molecular complexity index is 906. The number of methoxy groups -OCH3 is 3. The minimum Gasteiger partial charge on any atom is -0.493 e. The summed E-state index contributed by atoms with van der Waals surface area (Å²) in [6.45, 7) is 5.15. The number of nitrogens with zero attached hydrogens (tertiary/aromatic N) is 2. The van der Waals surface area contributed by atoms with Crippen LogP contribution in [0.5, 0.6) is 17.2 Å². The Morgan fingerprint density at radius 1 is 1.13 bits per heavy atom. The first-order valence-corrected chi connectivity index (χ1v) is 10.8. The van der Waals surface area contributed by atoms with Crippen molar-refractivity contribution in [3.8, 4) is 17.2 Å². The fourth-order valence-electron chi connectivity index (χ4n) is 3.75. The molecule has 0 bridgehead atoms. The highest BCUT2D eigenvalue weighted by Crippen LogP contribution is 2.40. The van der Waals surface area contributed by atoms with Crippen LogP contribution in [0, 0.1) is 0 Å². The second-order valence-corrected chi connectivity index (χ2v) is 7.68. The van der Waals surface area contributed by atoms with Crippen molar-refractivity contribution in [1.82, 2.24) is 10.6 Å². The number of aliphatic imine (C=N–C) groups is 1. The van der Waals surface area contributed by atoms with E-state index in [-0.39, 0.29) is 0 Å². The molecule has 0 radical (unpaired) electrons. The third-order valence-corrected chi connectivity index (χ3v) is 5.48. The average molecular weight is 447 g/mol. The van der Waals surface area contributed by atoms with Gasteiger partial charge < -0.3 is 29.7 Å². The van der Waals surface area contributed by atoms with E-state index < -0.39 is 0 Å². The lowest BCUT2D eigenvalue weighted by Gasteiger charge is -2.21. The lowest BCUT2D eigenvalue weighted by Crippen LogP contribution is -2.44. The molecule has 7 nitrogen and oxygen atoms in total. The van der Waals surface area contributed by atoms with Crippen molar-refractivity contribution in [2.75, 3.05) is 45.9 Å². The molecule has 0 aromatic heterocycles. The molecule has 0 aliphatic carbocycles. The highest BCUT2D eigenvalue weighted by molar-refractivity contribution is 6.30. The second kappa shape index (κ2) is 11.0. The number of nitrogens with one attached hydrogen (secondary N) is 2. The van der Waals surface area contributed by atoms with Crippen molar-refractivity contribution in [1.29, 1.82) is 0 Å². The first-order chi connectivity index (χ1) is 15.1. The summed E-state index contributed by atoms with van der Waals surface area (Å²) in [6, 6.07) is 12.1. The number of rotatable bonds is 8. The molecule has 1 atom stereocenters. The quantitative estimate of drug-likeness (QED) is 0.476. The van der Waals surface area contributed by atoms with Crippen molar-refractivity contribution in [2.24, 2.45) is 4.99 Å². The molecule has 1 unspecified atom stereocenters. The van der Waals surface area contributed by atoms with Gasteiger partial charge in [0.15, 0.2) is 17.5 Å². The minimum absolute atomic E-state index is 0.295.